The van der Waals surface area contributed by atoms with Gasteiger partial charge in [0.2, 0.25) is 5.79 Å². The Morgan fingerprint density at radius 1 is 0.846 bits per heavy atom. The summed E-state index contributed by atoms with van der Waals surface area (Å²) in [7, 11) is 4.70. The van der Waals surface area contributed by atoms with Gasteiger partial charge in [0.05, 0.1) is 18.3 Å². The number of cyclic esters (lactones) is 1. The molecule has 1 aliphatic carbocycles. The maximum absolute atomic E-state index is 14.4. The van der Waals surface area contributed by atoms with Gasteiger partial charge >= 0.3 is 5.97 Å². The zero-order chi connectivity index (χ0) is 48.2. The predicted molar refractivity (Wildman–Crippen MR) is 248 cm³/mol. The number of ether oxygens (including phenoxy) is 5. The number of carbonyl (C=O) groups excluding carboxylic acids is 5. The van der Waals surface area contributed by atoms with Crippen LogP contribution in [0.3, 0.4) is 0 Å². The lowest BCUT2D eigenvalue weighted by Gasteiger charge is -2.42. The molecule has 4 aliphatic rings. The number of aliphatic hydroxyl groups excluding tert-OH is 1. The van der Waals surface area contributed by atoms with Gasteiger partial charge < -0.3 is 38.8 Å². The van der Waals surface area contributed by atoms with E-state index in [1.807, 2.05) is 58.1 Å². The number of rotatable bonds is 6. The fourth-order valence-electron chi connectivity index (χ4n) is 10.4. The first-order valence-electron chi connectivity index (χ1n) is 24.2. The van der Waals surface area contributed by atoms with Gasteiger partial charge in [0.15, 0.2) is 5.78 Å². The van der Waals surface area contributed by atoms with Gasteiger partial charge in [0, 0.05) is 58.5 Å². The number of Topliss-reactive ketones (excluding diaryl/α,β-unsaturated/α-hetero) is 3. The van der Waals surface area contributed by atoms with Crippen LogP contribution in [0.2, 0.25) is 0 Å². The third-order valence-electron chi connectivity index (χ3n) is 14.8. The van der Waals surface area contributed by atoms with E-state index in [0.29, 0.717) is 56.4 Å². The lowest BCUT2D eigenvalue weighted by Crippen LogP contribution is -2.61. The quantitative estimate of drug-likeness (QED) is 0.153. The largest absolute Gasteiger partial charge is 0.460 e. The summed E-state index contributed by atoms with van der Waals surface area (Å²) in [5, 5.41) is 23.4. The highest BCUT2D eigenvalue weighted by atomic mass is 16.6. The van der Waals surface area contributed by atoms with E-state index in [-0.39, 0.29) is 54.8 Å². The summed E-state index contributed by atoms with van der Waals surface area (Å²) in [5.41, 5.74) is 1.30. The number of piperidine rings is 1. The van der Waals surface area contributed by atoms with Gasteiger partial charge in [0.1, 0.15) is 30.1 Å². The monoisotopic (exact) mass is 912 g/mol. The first kappa shape index (κ1) is 54.3. The van der Waals surface area contributed by atoms with Crippen molar-refractivity contribution in [3.8, 4) is 0 Å². The molecule has 13 nitrogen and oxygen atoms in total. The van der Waals surface area contributed by atoms with Crippen molar-refractivity contribution in [2.75, 3.05) is 27.9 Å². The number of amides is 1. The highest BCUT2D eigenvalue weighted by Gasteiger charge is 2.53. The van der Waals surface area contributed by atoms with Crippen molar-refractivity contribution in [1.82, 2.24) is 4.90 Å². The molecule has 2 bridgehead atoms. The van der Waals surface area contributed by atoms with Crippen LogP contribution in [0.4, 0.5) is 0 Å². The van der Waals surface area contributed by atoms with Crippen molar-refractivity contribution in [1.29, 1.82) is 0 Å². The third kappa shape index (κ3) is 14.3. The molecule has 0 aromatic heterocycles. The predicted octanol–water partition coefficient (Wildman–Crippen LogP) is 7.46. The summed E-state index contributed by atoms with van der Waals surface area (Å²) in [6.45, 7) is 15.1. The van der Waals surface area contributed by atoms with E-state index in [1.54, 1.807) is 41.1 Å². The molecule has 15 atom stereocenters. The molecule has 3 fully saturated rings. The summed E-state index contributed by atoms with van der Waals surface area (Å²) in [4.78, 5) is 71.9. The van der Waals surface area contributed by atoms with E-state index in [9.17, 15) is 34.2 Å². The van der Waals surface area contributed by atoms with Crippen LogP contribution in [0.5, 0.6) is 0 Å². The van der Waals surface area contributed by atoms with Crippen molar-refractivity contribution in [2.24, 2.45) is 41.4 Å². The molecule has 4 rings (SSSR count). The second-order valence-corrected chi connectivity index (χ2v) is 20.0. The first-order valence-corrected chi connectivity index (χ1v) is 24.2. The lowest BCUT2D eigenvalue weighted by atomic mass is 9.76. The fourth-order valence-corrected chi connectivity index (χ4v) is 10.4. The van der Waals surface area contributed by atoms with Crippen molar-refractivity contribution in [3.63, 3.8) is 0 Å². The minimum atomic E-state index is -2.41. The molecule has 3 heterocycles. The minimum absolute atomic E-state index is 0.0304. The van der Waals surface area contributed by atoms with E-state index in [2.05, 4.69) is 6.92 Å². The molecule has 0 radical (unpaired) electrons. The summed E-state index contributed by atoms with van der Waals surface area (Å²) in [5.74, 6) is -7.07. The molecule has 1 unspecified atom stereocenters. The van der Waals surface area contributed by atoms with Gasteiger partial charge in [-0.1, -0.05) is 78.0 Å². The van der Waals surface area contributed by atoms with Crippen LogP contribution in [0.15, 0.2) is 47.6 Å². The van der Waals surface area contributed by atoms with Crippen molar-refractivity contribution in [3.05, 3.63) is 47.6 Å². The van der Waals surface area contributed by atoms with Crippen molar-refractivity contribution < 1.29 is 57.9 Å². The summed E-state index contributed by atoms with van der Waals surface area (Å²) in [6, 6.07) is -1.11. The Morgan fingerprint density at radius 2 is 1.57 bits per heavy atom. The van der Waals surface area contributed by atoms with Crippen LogP contribution in [-0.2, 0) is 47.7 Å². The van der Waals surface area contributed by atoms with E-state index in [4.69, 9.17) is 23.7 Å². The number of ketones is 3. The molecular formula is C52H81NO12. The normalized spacial score (nSPS) is 39.1. The molecule has 65 heavy (non-hydrogen) atoms. The molecule has 1 saturated carbocycles. The number of fused-ring (bicyclic) bond motifs is 3. The van der Waals surface area contributed by atoms with Crippen LogP contribution in [-0.4, -0.2) is 121 Å². The lowest BCUT2D eigenvalue weighted by molar-refractivity contribution is -0.265. The number of nitrogens with zero attached hydrogens (tertiary/aromatic N) is 1. The second kappa shape index (κ2) is 25.2. The zero-order valence-corrected chi connectivity index (χ0v) is 41.2. The van der Waals surface area contributed by atoms with E-state index < -0.39 is 77.8 Å². The topological polar surface area (TPSA) is 175 Å². The van der Waals surface area contributed by atoms with Gasteiger partial charge in [-0.15, -0.1) is 0 Å². The minimum Gasteiger partial charge on any atom is -0.460 e. The summed E-state index contributed by atoms with van der Waals surface area (Å²) in [6.07, 6.45) is 13.6. The fraction of sp³-hybridized carbons (Fsp3) is 0.750. The van der Waals surface area contributed by atoms with Gasteiger partial charge in [-0.05, 0) is 113 Å². The Labute approximate surface area is 388 Å². The van der Waals surface area contributed by atoms with E-state index in [1.165, 1.54) is 12.0 Å². The van der Waals surface area contributed by atoms with Crippen LogP contribution in [0.25, 0.3) is 0 Å². The molecule has 1 amide bonds. The summed E-state index contributed by atoms with van der Waals surface area (Å²) >= 11 is 0. The highest BCUT2D eigenvalue weighted by molar-refractivity contribution is 6.39. The Kier molecular flexibility index (Phi) is 21.0. The van der Waals surface area contributed by atoms with E-state index >= 15 is 0 Å². The van der Waals surface area contributed by atoms with Crippen LogP contribution >= 0.6 is 0 Å². The average Bonchev–Trinajstić information content (AvgIpc) is 3.28. The smallest absolute Gasteiger partial charge is 0.329 e. The van der Waals surface area contributed by atoms with Crippen LogP contribution < -0.4 is 0 Å². The number of methoxy groups -OCH3 is 3. The summed E-state index contributed by atoms with van der Waals surface area (Å²) < 4.78 is 29.7. The average molecular weight is 912 g/mol. The molecule has 366 valence electrons. The molecule has 2 N–H and O–H groups in total. The van der Waals surface area contributed by atoms with Gasteiger partial charge in [-0.25, -0.2) is 4.79 Å². The SMILES string of the molecule is CO[C@H]1C[C@@H]2CC[C@@H](C)[C@@](O)(O2)C(=O)C(=O)N2CCCC[C@H]2C(=O)O[C@H]([C@H](C)CC2CC[C@@H](C)[C@H](OC)C2)CC(=O)[C@H](C)/C=C(\C)[C@@H](O)[C@@H](OC)C(=O)[C@H](C)C[C@H](C)/C=C/C=CC=C1C. The Hall–Kier alpha value is -3.33. The molecular weight excluding hydrogens is 831 g/mol. The third-order valence-corrected chi connectivity index (χ3v) is 14.8. The second-order valence-electron chi connectivity index (χ2n) is 20.0. The van der Waals surface area contributed by atoms with Crippen LogP contribution in [0.1, 0.15) is 132 Å². The Morgan fingerprint density at radius 3 is 2.25 bits per heavy atom. The standard InChI is InChI=1S/C52H81NO12/c1-31-17-13-12-14-18-32(2)44(62-10)29-40-23-21-38(8)52(60,65-40)49(57)50(58)53-24-16-15-19-41(53)51(59)64-45(35(5)27-39-22-20-33(3)43(28-39)61-9)30-42(54)34(4)26-37(7)47(56)48(63-11)46(55)36(6)25-31/h12-14,17-18,26,31,33-36,38-41,43-45,47-48,56,60H,15-16,19-25,27-30H2,1-11H3/b14-12?,17-13+,32-18?,37-26+/t31-,33-,34-,35-,36-,38-,39?,40+,41+,43-,44+,45+,47-,48+,52-/m1/s1. The van der Waals surface area contributed by atoms with Gasteiger partial charge in [0.25, 0.3) is 11.7 Å². The molecule has 3 aliphatic heterocycles. The number of carbonyl (C=O) groups is 5. The number of hydrogen-bond acceptors (Lipinski definition) is 12. The number of allylic oxidation sites excluding steroid dienone is 6. The maximum Gasteiger partial charge on any atom is 0.329 e. The molecule has 2 saturated heterocycles. The Balaban J connectivity index is 1.70. The van der Waals surface area contributed by atoms with Crippen molar-refractivity contribution >= 4 is 29.2 Å². The first-order chi connectivity index (χ1) is 30.7. The zero-order valence-electron chi connectivity index (χ0n) is 41.2. The maximum atomic E-state index is 14.4. The van der Waals surface area contributed by atoms with Crippen molar-refractivity contribution in [2.45, 2.75) is 181 Å². The molecule has 0 aromatic rings. The molecule has 0 aromatic carbocycles. The highest BCUT2D eigenvalue weighted by Crippen LogP contribution is 2.38. The molecule has 13 heteroatoms. The number of aliphatic hydroxyl groups is 2. The molecule has 0 spiro atoms. The number of esters is 1. The van der Waals surface area contributed by atoms with Gasteiger partial charge in [-0.2, -0.15) is 0 Å². The van der Waals surface area contributed by atoms with Gasteiger partial charge in [-0.3, -0.25) is 19.2 Å². The number of hydrogen-bond donors (Lipinski definition) is 2. The Bertz CT molecular complexity index is 1750. The van der Waals surface area contributed by atoms with Crippen LogP contribution in [0, 0.1) is 41.4 Å². The van der Waals surface area contributed by atoms with E-state index in [0.717, 1.165) is 24.8 Å².